The molecule has 0 unspecified atom stereocenters. The molecule has 7 heteroatoms. The number of halogens is 1. The third kappa shape index (κ3) is 5.33. The minimum absolute atomic E-state index is 0.0661. The molecule has 0 spiro atoms. The summed E-state index contributed by atoms with van der Waals surface area (Å²) < 4.78 is 5.78. The SMILES string of the molecule is O=C(NC1CCN(C(=O)CCc2ncc(-c3ccccc3Cl)o2)CC1)c1ccccc1. The lowest BCUT2D eigenvalue weighted by Crippen LogP contribution is -2.46. The van der Waals surface area contributed by atoms with Gasteiger partial charge in [0.15, 0.2) is 11.7 Å². The lowest BCUT2D eigenvalue weighted by atomic mass is 10.0. The van der Waals surface area contributed by atoms with E-state index in [4.69, 9.17) is 16.0 Å². The lowest BCUT2D eigenvalue weighted by molar-refractivity contribution is -0.132. The Morgan fingerprint density at radius 2 is 1.77 bits per heavy atom. The van der Waals surface area contributed by atoms with Gasteiger partial charge in [0.25, 0.3) is 5.91 Å². The smallest absolute Gasteiger partial charge is 0.251 e. The maximum Gasteiger partial charge on any atom is 0.251 e. The van der Waals surface area contributed by atoms with Crippen molar-refractivity contribution >= 4 is 23.4 Å². The number of carbonyl (C=O) groups is 2. The zero-order chi connectivity index (χ0) is 21.6. The normalized spacial score (nSPS) is 14.4. The van der Waals surface area contributed by atoms with Gasteiger partial charge in [0, 0.05) is 43.1 Å². The summed E-state index contributed by atoms with van der Waals surface area (Å²) in [6, 6.07) is 16.7. The summed E-state index contributed by atoms with van der Waals surface area (Å²) in [5, 5.41) is 3.66. The molecule has 1 aliphatic rings. The van der Waals surface area contributed by atoms with Crippen LogP contribution in [0, 0.1) is 0 Å². The second-order valence-electron chi connectivity index (χ2n) is 7.59. The van der Waals surface area contributed by atoms with Crippen LogP contribution in [0.3, 0.4) is 0 Å². The Hall–Kier alpha value is -3.12. The number of benzene rings is 2. The number of nitrogens with one attached hydrogen (secondary N) is 1. The fourth-order valence-electron chi connectivity index (χ4n) is 3.71. The van der Waals surface area contributed by atoms with E-state index in [9.17, 15) is 9.59 Å². The van der Waals surface area contributed by atoms with E-state index in [1.807, 2.05) is 41.3 Å². The van der Waals surface area contributed by atoms with Gasteiger partial charge in [0.2, 0.25) is 5.91 Å². The third-order valence-electron chi connectivity index (χ3n) is 5.46. The molecule has 1 fully saturated rings. The van der Waals surface area contributed by atoms with E-state index in [1.165, 1.54) is 0 Å². The zero-order valence-electron chi connectivity index (χ0n) is 17.1. The first kappa shape index (κ1) is 21.1. The molecule has 2 aromatic carbocycles. The number of rotatable bonds is 6. The molecule has 0 atom stereocenters. The molecule has 0 saturated carbocycles. The van der Waals surface area contributed by atoms with Gasteiger partial charge in [-0.15, -0.1) is 0 Å². The van der Waals surface area contributed by atoms with Gasteiger partial charge in [0.05, 0.1) is 11.2 Å². The van der Waals surface area contributed by atoms with Crippen molar-refractivity contribution in [3.63, 3.8) is 0 Å². The molecule has 4 rings (SSSR count). The molecule has 6 nitrogen and oxygen atoms in total. The number of likely N-dealkylation sites (tertiary alicyclic amines) is 1. The molecule has 1 aliphatic heterocycles. The topological polar surface area (TPSA) is 75.4 Å². The predicted molar refractivity (Wildman–Crippen MR) is 119 cm³/mol. The Morgan fingerprint density at radius 3 is 2.52 bits per heavy atom. The molecular weight excluding hydrogens is 414 g/mol. The van der Waals surface area contributed by atoms with Gasteiger partial charge in [-0.2, -0.15) is 0 Å². The summed E-state index contributed by atoms with van der Waals surface area (Å²) in [6.45, 7) is 1.27. The van der Waals surface area contributed by atoms with Crippen LogP contribution in [-0.2, 0) is 11.2 Å². The first-order valence-corrected chi connectivity index (χ1v) is 10.8. The molecule has 0 aliphatic carbocycles. The molecule has 1 saturated heterocycles. The van der Waals surface area contributed by atoms with Crippen molar-refractivity contribution in [2.75, 3.05) is 13.1 Å². The van der Waals surface area contributed by atoms with Crippen LogP contribution in [0.25, 0.3) is 11.3 Å². The maximum atomic E-state index is 12.6. The Kier molecular flexibility index (Phi) is 6.67. The average Bonchev–Trinajstić information content (AvgIpc) is 3.27. The second-order valence-corrected chi connectivity index (χ2v) is 8.00. The van der Waals surface area contributed by atoms with Crippen LogP contribution in [-0.4, -0.2) is 40.8 Å². The number of nitrogens with zero attached hydrogens (tertiary/aromatic N) is 2. The van der Waals surface area contributed by atoms with Crippen LogP contribution in [0.4, 0.5) is 0 Å². The van der Waals surface area contributed by atoms with Crippen molar-refractivity contribution in [2.24, 2.45) is 0 Å². The monoisotopic (exact) mass is 437 g/mol. The number of oxazole rings is 1. The Bertz CT molecular complexity index is 1040. The Balaban J connectivity index is 1.24. The van der Waals surface area contributed by atoms with E-state index in [0.717, 1.165) is 18.4 Å². The van der Waals surface area contributed by atoms with Gasteiger partial charge in [0.1, 0.15) is 0 Å². The highest BCUT2D eigenvalue weighted by Crippen LogP contribution is 2.28. The number of amides is 2. The first-order chi connectivity index (χ1) is 15.1. The van der Waals surface area contributed by atoms with E-state index < -0.39 is 0 Å². The van der Waals surface area contributed by atoms with Gasteiger partial charge < -0.3 is 14.6 Å². The van der Waals surface area contributed by atoms with Crippen LogP contribution in [0.5, 0.6) is 0 Å². The van der Waals surface area contributed by atoms with E-state index in [-0.39, 0.29) is 17.9 Å². The molecule has 1 N–H and O–H groups in total. The van der Waals surface area contributed by atoms with Crippen LogP contribution in [0.2, 0.25) is 5.02 Å². The largest absolute Gasteiger partial charge is 0.441 e. The Morgan fingerprint density at radius 1 is 1.06 bits per heavy atom. The van der Waals surface area contributed by atoms with Crippen LogP contribution >= 0.6 is 11.6 Å². The number of aromatic nitrogens is 1. The molecule has 3 aromatic rings. The summed E-state index contributed by atoms with van der Waals surface area (Å²) in [6.07, 6.45) is 3.92. The van der Waals surface area contributed by atoms with E-state index in [0.29, 0.717) is 48.2 Å². The summed E-state index contributed by atoms with van der Waals surface area (Å²) >= 11 is 6.20. The molecular formula is C24H24ClN3O3. The molecule has 0 bridgehead atoms. The molecule has 2 amide bonds. The minimum atomic E-state index is -0.0661. The highest BCUT2D eigenvalue weighted by molar-refractivity contribution is 6.33. The standard InChI is InChI=1S/C24H24ClN3O3/c25-20-9-5-4-8-19(20)21-16-26-22(31-21)10-11-23(29)28-14-12-18(13-15-28)27-24(30)17-6-2-1-3-7-17/h1-9,16,18H,10-15H2,(H,27,30). The van der Waals surface area contributed by atoms with Crippen molar-refractivity contribution in [3.05, 3.63) is 77.3 Å². The number of hydrogen-bond donors (Lipinski definition) is 1. The van der Waals surface area contributed by atoms with Crippen molar-refractivity contribution in [3.8, 4) is 11.3 Å². The summed E-state index contributed by atoms with van der Waals surface area (Å²) in [5.41, 5.74) is 1.44. The van der Waals surface area contributed by atoms with Crippen molar-refractivity contribution < 1.29 is 14.0 Å². The molecule has 160 valence electrons. The lowest BCUT2D eigenvalue weighted by Gasteiger charge is -2.32. The summed E-state index contributed by atoms with van der Waals surface area (Å²) in [7, 11) is 0. The van der Waals surface area contributed by atoms with Crippen LogP contribution in [0.1, 0.15) is 35.5 Å². The fourth-order valence-corrected chi connectivity index (χ4v) is 3.94. The summed E-state index contributed by atoms with van der Waals surface area (Å²) in [5.74, 6) is 1.13. The highest BCUT2D eigenvalue weighted by atomic mass is 35.5. The maximum absolute atomic E-state index is 12.6. The highest BCUT2D eigenvalue weighted by Gasteiger charge is 2.24. The van der Waals surface area contributed by atoms with E-state index in [1.54, 1.807) is 24.4 Å². The number of hydrogen-bond acceptors (Lipinski definition) is 4. The van der Waals surface area contributed by atoms with Crippen LogP contribution in [0.15, 0.2) is 65.2 Å². The van der Waals surface area contributed by atoms with Crippen molar-refractivity contribution in [2.45, 2.75) is 31.7 Å². The molecule has 31 heavy (non-hydrogen) atoms. The first-order valence-electron chi connectivity index (χ1n) is 10.4. The summed E-state index contributed by atoms with van der Waals surface area (Å²) in [4.78, 5) is 31.0. The van der Waals surface area contributed by atoms with Crippen molar-refractivity contribution in [1.82, 2.24) is 15.2 Å². The van der Waals surface area contributed by atoms with Gasteiger partial charge in [-0.05, 0) is 37.1 Å². The predicted octanol–water partition coefficient (Wildman–Crippen LogP) is 4.35. The second kappa shape index (κ2) is 9.79. The molecule has 0 radical (unpaired) electrons. The van der Waals surface area contributed by atoms with Gasteiger partial charge in [-0.1, -0.05) is 41.9 Å². The number of piperidine rings is 1. The van der Waals surface area contributed by atoms with Crippen LogP contribution < -0.4 is 5.32 Å². The molecule has 1 aromatic heterocycles. The van der Waals surface area contributed by atoms with E-state index >= 15 is 0 Å². The Labute approximate surface area is 186 Å². The third-order valence-corrected chi connectivity index (χ3v) is 5.79. The van der Waals surface area contributed by atoms with Gasteiger partial charge in [-0.25, -0.2) is 4.98 Å². The minimum Gasteiger partial charge on any atom is -0.441 e. The fraction of sp³-hybridized carbons (Fsp3) is 0.292. The number of aryl methyl sites for hydroxylation is 1. The zero-order valence-corrected chi connectivity index (χ0v) is 17.8. The van der Waals surface area contributed by atoms with Gasteiger partial charge in [-0.3, -0.25) is 9.59 Å². The van der Waals surface area contributed by atoms with E-state index in [2.05, 4.69) is 10.3 Å². The molecule has 2 heterocycles. The average molecular weight is 438 g/mol. The van der Waals surface area contributed by atoms with Crippen molar-refractivity contribution in [1.29, 1.82) is 0 Å². The van der Waals surface area contributed by atoms with Gasteiger partial charge >= 0.3 is 0 Å². The number of carbonyl (C=O) groups excluding carboxylic acids is 2. The quantitative estimate of drug-likeness (QED) is 0.622.